The predicted octanol–water partition coefficient (Wildman–Crippen LogP) is 3.82. The number of hydrogen-bond donors (Lipinski definition) is 0. The van der Waals surface area contributed by atoms with Crippen molar-refractivity contribution in [2.24, 2.45) is 0 Å². The van der Waals surface area contributed by atoms with Gasteiger partial charge in [-0.05, 0) is 36.6 Å². The summed E-state index contributed by atoms with van der Waals surface area (Å²) < 4.78 is 1.70. The molecule has 4 aromatic rings. The Morgan fingerprint density at radius 3 is 2.64 bits per heavy atom. The number of benzene rings is 1. The summed E-state index contributed by atoms with van der Waals surface area (Å²) in [6.07, 6.45) is 3.53. The van der Waals surface area contributed by atoms with Crippen LogP contribution in [0.1, 0.15) is 5.56 Å². The van der Waals surface area contributed by atoms with Gasteiger partial charge in [0.05, 0.1) is 16.8 Å². The number of aryl methyl sites for hydroxylation is 1. The van der Waals surface area contributed by atoms with Crippen LogP contribution >= 0.6 is 0 Å². The SMILES string of the molecule is Cc1ccc2c(c1)c(-c1ccccn1)c(=O)n1ccccc21. The molecule has 0 fully saturated rings. The van der Waals surface area contributed by atoms with Crippen molar-refractivity contribution in [2.75, 3.05) is 0 Å². The number of aromatic nitrogens is 2. The van der Waals surface area contributed by atoms with Crippen LogP contribution in [0.5, 0.6) is 0 Å². The maximum Gasteiger partial charge on any atom is 0.265 e. The van der Waals surface area contributed by atoms with E-state index in [9.17, 15) is 4.79 Å². The van der Waals surface area contributed by atoms with Gasteiger partial charge < -0.3 is 0 Å². The highest BCUT2D eigenvalue weighted by Gasteiger charge is 2.14. The van der Waals surface area contributed by atoms with Gasteiger partial charge in [0.25, 0.3) is 5.56 Å². The third kappa shape index (κ3) is 1.83. The average Bonchev–Trinajstić information content (AvgIpc) is 2.56. The lowest BCUT2D eigenvalue weighted by Crippen LogP contribution is -2.16. The minimum atomic E-state index is -0.0348. The minimum absolute atomic E-state index is 0.0348. The van der Waals surface area contributed by atoms with Crippen LogP contribution in [0, 0.1) is 6.92 Å². The molecule has 22 heavy (non-hydrogen) atoms. The molecular formula is C19H14N2O. The molecule has 3 aromatic heterocycles. The standard InChI is InChI=1S/C19H14N2O/c1-13-8-9-14-15(12-13)18(16-6-2-4-10-20-16)19(22)21-11-5-3-7-17(14)21/h2-12H,1H3. The van der Waals surface area contributed by atoms with Crippen molar-refractivity contribution in [1.82, 2.24) is 9.38 Å². The zero-order valence-electron chi connectivity index (χ0n) is 12.2. The van der Waals surface area contributed by atoms with Crippen LogP contribution in [0.3, 0.4) is 0 Å². The van der Waals surface area contributed by atoms with Gasteiger partial charge in [-0.25, -0.2) is 0 Å². The predicted molar refractivity (Wildman–Crippen MR) is 89.1 cm³/mol. The first-order valence-electron chi connectivity index (χ1n) is 7.21. The molecule has 0 aliphatic carbocycles. The molecule has 0 amide bonds. The molecule has 0 unspecified atom stereocenters. The lowest BCUT2D eigenvalue weighted by atomic mass is 10.0. The van der Waals surface area contributed by atoms with E-state index in [1.165, 1.54) is 0 Å². The number of nitrogens with zero attached hydrogens (tertiary/aromatic N) is 2. The van der Waals surface area contributed by atoms with E-state index >= 15 is 0 Å². The molecule has 0 aliphatic heterocycles. The first-order chi connectivity index (χ1) is 10.8. The fourth-order valence-corrected chi connectivity index (χ4v) is 2.92. The smallest absolute Gasteiger partial charge is 0.265 e. The van der Waals surface area contributed by atoms with Gasteiger partial charge in [0.15, 0.2) is 0 Å². The summed E-state index contributed by atoms with van der Waals surface area (Å²) in [4.78, 5) is 17.4. The molecule has 0 radical (unpaired) electrons. The Bertz CT molecular complexity index is 1050. The molecular weight excluding hydrogens is 272 g/mol. The number of pyridine rings is 3. The molecule has 3 heterocycles. The van der Waals surface area contributed by atoms with Crippen LogP contribution in [0.2, 0.25) is 0 Å². The molecule has 106 valence electrons. The van der Waals surface area contributed by atoms with Crippen molar-refractivity contribution in [2.45, 2.75) is 6.92 Å². The van der Waals surface area contributed by atoms with Gasteiger partial charge in [-0.1, -0.05) is 35.9 Å². The molecule has 0 aliphatic rings. The third-order valence-corrected chi connectivity index (χ3v) is 3.93. The Labute approximate surface area is 127 Å². The van der Waals surface area contributed by atoms with E-state index in [1.807, 2.05) is 49.5 Å². The van der Waals surface area contributed by atoms with Crippen LogP contribution in [-0.4, -0.2) is 9.38 Å². The van der Waals surface area contributed by atoms with Crippen molar-refractivity contribution < 1.29 is 0 Å². The van der Waals surface area contributed by atoms with Crippen molar-refractivity contribution >= 4 is 16.3 Å². The number of fused-ring (bicyclic) bond motifs is 3. The molecule has 0 atom stereocenters. The van der Waals surface area contributed by atoms with Gasteiger partial charge in [-0.2, -0.15) is 0 Å². The molecule has 0 spiro atoms. The average molecular weight is 286 g/mol. The summed E-state index contributed by atoms with van der Waals surface area (Å²) in [5.74, 6) is 0. The highest BCUT2D eigenvalue weighted by atomic mass is 16.1. The first-order valence-corrected chi connectivity index (χ1v) is 7.21. The summed E-state index contributed by atoms with van der Waals surface area (Å²) in [5, 5.41) is 2.02. The molecule has 0 saturated carbocycles. The van der Waals surface area contributed by atoms with E-state index in [-0.39, 0.29) is 5.56 Å². The van der Waals surface area contributed by atoms with Crippen LogP contribution in [0.25, 0.3) is 27.5 Å². The minimum Gasteiger partial charge on any atom is -0.283 e. The van der Waals surface area contributed by atoms with Gasteiger partial charge in [-0.3, -0.25) is 14.2 Å². The quantitative estimate of drug-likeness (QED) is 0.498. The number of hydrogen-bond acceptors (Lipinski definition) is 2. The van der Waals surface area contributed by atoms with Crippen molar-refractivity contribution in [3.63, 3.8) is 0 Å². The Morgan fingerprint density at radius 2 is 1.82 bits per heavy atom. The second-order valence-corrected chi connectivity index (χ2v) is 5.40. The Kier molecular flexibility index (Phi) is 2.79. The molecule has 3 heteroatoms. The van der Waals surface area contributed by atoms with Gasteiger partial charge >= 0.3 is 0 Å². The second kappa shape index (κ2) is 4.81. The van der Waals surface area contributed by atoms with E-state index in [2.05, 4.69) is 23.2 Å². The van der Waals surface area contributed by atoms with E-state index < -0.39 is 0 Å². The number of rotatable bonds is 1. The summed E-state index contributed by atoms with van der Waals surface area (Å²) in [5.41, 5.74) is 3.38. The fourth-order valence-electron chi connectivity index (χ4n) is 2.92. The van der Waals surface area contributed by atoms with Gasteiger partial charge in [0, 0.05) is 17.8 Å². The lowest BCUT2D eigenvalue weighted by molar-refractivity contribution is 1.11. The molecule has 3 nitrogen and oxygen atoms in total. The topological polar surface area (TPSA) is 34.4 Å². The van der Waals surface area contributed by atoms with Crippen molar-refractivity contribution in [3.05, 3.63) is 82.9 Å². The molecule has 1 aromatic carbocycles. The monoisotopic (exact) mass is 286 g/mol. The van der Waals surface area contributed by atoms with Crippen molar-refractivity contribution in [3.8, 4) is 11.3 Å². The summed E-state index contributed by atoms with van der Waals surface area (Å²) in [6.45, 7) is 2.04. The van der Waals surface area contributed by atoms with Gasteiger partial charge in [0.1, 0.15) is 0 Å². The van der Waals surface area contributed by atoms with Gasteiger partial charge in [-0.15, -0.1) is 0 Å². The highest BCUT2D eigenvalue weighted by molar-refractivity contribution is 6.04. The molecule has 0 saturated heterocycles. The maximum atomic E-state index is 13.0. The van der Waals surface area contributed by atoms with E-state index in [0.717, 1.165) is 21.9 Å². The Balaban J connectivity index is 2.29. The van der Waals surface area contributed by atoms with Gasteiger partial charge in [0.2, 0.25) is 0 Å². The van der Waals surface area contributed by atoms with Crippen LogP contribution in [0.15, 0.2) is 71.8 Å². The normalized spacial score (nSPS) is 11.1. The molecule has 4 rings (SSSR count). The second-order valence-electron chi connectivity index (χ2n) is 5.40. The third-order valence-electron chi connectivity index (χ3n) is 3.93. The van der Waals surface area contributed by atoms with Crippen molar-refractivity contribution in [1.29, 1.82) is 0 Å². The summed E-state index contributed by atoms with van der Waals surface area (Å²) in [6, 6.07) is 17.7. The first kappa shape index (κ1) is 12.8. The Morgan fingerprint density at radius 1 is 0.955 bits per heavy atom. The fraction of sp³-hybridized carbons (Fsp3) is 0.0526. The summed E-state index contributed by atoms with van der Waals surface area (Å²) >= 11 is 0. The largest absolute Gasteiger partial charge is 0.283 e. The van der Waals surface area contributed by atoms with E-state index in [1.54, 1.807) is 10.6 Å². The van der Waals surface area contributed by atoms with Crippen LogP contribution < -0.4 is 5.56 Å². The van der Waals surface area contributed by atoms with E-state index in [4.69, 9.17) is 0 Å². The zero-order chi connectivity index (χ0) is 15.1. The maximum absolute atomic E-state index is 13.0. The lowest BCUT2D eigenvalue weighted by Gasteiger charge is -2.11. The molecule has 0 bridgehead atoms. The van der Waals surface area contributed by atoms with Crippen LogP contribution in [-0.2, 0) is 0 Å². The molecule has 0 N–H and O–H groups in total. The Hall–Kier alpha value is -2.94. The summed E-state index contributed by atoms with van der Waals surface area (Å²) in [7, 11) is 0. The zero-order valence-corrected chi connectivity index (χ0v) is 12.2. The van der Waals surface area contributed by atoms with Crippen LogP contribution in [0.4, 0.5) is 0 Å². The van der Waals surface area contributed by atoms with E-state index in [0.29, 0.717) is 11.3 Å². The highest BCUT2D eigenvalue weighted by Crippen LogP contribution is 2.28.